The summed E-state index contributed by atoms with van der Waals surface area (Å²) in [4.78, 5) is 27.0. The number of benzene rings is 1. The largest absolute Gasteiger partial charge is 0.335 e. The highest BCUT2D eigenvalue weighted by Crippen LogP contribution is 2.25. The van der Waals surface area contributed by atoms with Crippen molar-refractivity contribution in [3.05, 3.63) is 28.8 Å². The molecule has 1 aromatic rings. The summed E-state index contributed by atoms with van der Waals surface area (Å²) >= 11 is 6.12. The molecular weight excluding hydrogens is 338 g/mol. The van der Waals surface area contributed by atoms with Crippen molar-refractivity contribution in [1.29, 1.82) is 0 Å². The van der Waals surface area contributed by atoms with Gasteiger partial charge in [0, 0.05) is 23.3 Å². The van der Waals surface area contributed by atoms with E-state index in [0.717, 1.165) is 24.8 Å². The SMILES string of the molecule is Cc1c(Cl)cccc1NC(=O)[C@@H]1CCCN1C(=O)NC1CCCCC1. The molecular formula is C19H26ClN3O2. The second kappa shape index (κ2) is 8.09. The fraction of sp³-hybridized carbons (Fsp3) is 0.579. The smallest absolute Gasteiger partial charge is 0.318 e. The third-order valence-corrected chi connectivity index (χ3v) is 5.68. The van der Waals surface area contributed by atoms with E-state index in [-0.39, 0.29) is 18.0 Å². The fourth-order valence-electron chi connectivity index (χ4n) is 3.75. The van der Waals surface area contributed by atoms with E-state index >= 15 is 0 Å². The van der Waals surface area contributed by atoms with Crippen molar-refractivity contribution in [3.8, 4) is 0 Å². The monoisotopic (exact) mass is 363 g/mol. The molecule has 1 heterocycles. The van der Waals surface area contributed by atoms with Crippen molar-refractivity contribution in [1.82, 2.24) is 10.2 Å². The van der Waals surface area contributed by atoms with Gasteiger partial charge in [-0.1, -0.05) is 36.9 Å². The van der Waals surface area contributed by atoms with Gasteiger partial charge in [-0.05, 0) is 50.3 Å². The number of hydrogen-bond acceptors (Lipinski definition) is 2. The third kappa shape index (κ3) is 4.27. The molecule has 1 aliphatic heterocycles. The summed E-state index contributed by atoms with van der Waals surface area (Å²) in [5.74, 6) is -0.137. The Kier molecular flexibility index (Phi) is 5.84. The molecule has 1 aliphatic carbocycles. The third-order valence-electron chi connectivity index (χ3n) is 5.27. The van der Waals surface area contributed by atoms with Crippen molar-refractivity contribution in [2.45, 2.75) is 64.0 Å². The van der Waals surface area contributed by atoms with Gasteiger partial charge in [0.15, 0.2) is 0 Å². The lowest BCUT2D eigenvalue weighted by Gasteiger charge is -2.29. The standard InChI is InChI=1S/C19H26ClN3O2/c1-13-15(20)9-5-10-16(13)22-18(24)17-11-6-12-23(17)19(25)21-14-7-3-2-4-8-14/h5,9-10,14,17H,2-4,6-8,11-12H2,1H3,(H,21,25)(H,22,24)/t17-/m0/s1. The lowest BCUT2D eigenvalue weighted by Crippen LogP contribution is -2.50. The van der Waals surface area contributed by atoms with E-state index in [0.29, 0.717) is 23.7 Å². The molecule has 5 nitrogen and oxygen atoms in total. The second-order valence-electron chi connectivity index (χ2n) is 7.04. The highest BCUT2D eigenvalue weighted by atomic mass is 35.5. The van der Waals surface area contributed by atoms with Crippen LogP contribution in [0.5, 0.6) is 0 Å². The van der Waals surface area contributed by atoms with Gasteiger partial charge >= 0.3 is 6.03 Å². The zero-order valence-corrected chi connectivity index (χ0v) is 15.4. The lowest BCUT2D eigenvalue weighted by molar-refractivity contribution is -0.119. The minimum atomic E-state index is -0.415. The van der Waals surface area contributed by atoms with Crippen LogP contribution in [0.1, 0.15) is 50.5 Å². The van der Waals surface area contributed by atoms with E-state index in [4.69, 9.17) is 11.6 Å². The van der Waals surface area contributed by atoms with Gasteiger partial charge in [0.05, 0.1) is 0 Å². The number of anilines is 1. The van der Waals surface area contributed by atoms with Crippen LogP contribution in [-0.4, -0.2) is 35.5 Å². The van der Waals surface area contributed by atoms with Crippen LogP contribution in [0.25, 0.3) is 0 Å². The Morgan fingerprint density at radius 3 is 2.64 bits per heavy atom. The predicted molar refractivity (Wildman–Crippen MR) is 100.0 cm³/mol. The Morgan fingerprint density at radius 2 is 1.88 bits per heavy atom. The zero-order chi connectivity index (χ0) is 17.8. The first-order chi connectivity index (χ1) is 12.1. The molecule has 0 radical (unpaired) electrons. The number of halogens is 1. The summed E-state index contributed by atoms with van der Waals surface area (Å²) in [6.07, 6.45) is 7.22. The number of hydrogen-bond donors (Lipinski definition) is 2. The van der Waals surface area contributed by atoms with Gasteiger partial charge in [0.2, 0.25) is 5.91 Å². The van der Waals surface area contributed by atoms with Gasteiger partial charge < -0.3 is 15.5 Å². The maximum atomic E-state index is 12.7. The van der Waals surface area contributed by atoms with Crippen molar-refractivity contribution in [2.24, 2.45) is 0 Å². The number of amides is 3. The molecule has 25 heavy (non-hydrogen) atoms. The van der Waals surface area contributed by atoms with Crippen LogP contribution < -0.4 is 10.6 Å². The van der Waals surface area contributed by atoms with Crippen molar-refractivity contribution in [3.63, 3.8) is 0 Å². The average molecular weight is 364 g/mol. The Balaban J connectivity index is 1.63. The molecule has 1 saturated carbocycles. The number of nitrogens with zero attached hydrogens (tertiary/aromatic N) is 1. The van der Waals surface area contributed by atoms with E-state index in [9.17, 15) is 9.59 Å². The van der Waals surface area contributed by atoms with Crippen LogP contribution in [0.2, 0.25) is 5.02 Å². The van der Waals surface area contributed by atoms with Crippen LogP contribution in [0, 0.1) is 6.92 Å². The van der Waals surface area contributed by atoms with E-state index in [1.165, 1.54) is 19.3 Å². The van der Waals surface area contributed by atoms with Crippen LogP contribution in [0.3, 0.4) is 0 Å². The minimum Gasteiger partial charge on any atom is -0.335 e. The summed E-state index contributed by atoms with van der Waals surface area (Å²) in [6, 6.07) is 5.18. The Bertz CT molecular complexity index is 644. The molecule has 1 atom stereocenters. The Morgan fingerprint density at radius 1 is 1.12 bits per heavy atom. The van der Waals surface area contributed by atoms with E-state index in [1.54, 1.807) is 11.0 Å². The summed E-state index contributed by atoms with van der Waals surface area (Å²) in [7, 11) is 0. The Labute approximate surface area is 154 Å². The lowest BCUT2D eigenvalue weighted by atomic mass is 9.96. The number of carbonyl (C=O) groups is 2. The van der Waals surface area contributed by atoms with Gasteiger partial charge in [0.1, 0.15) is 6.04 Å². The van der Waals surface area contributed by atoms with E-state index in [2.05, 4.69) is 10.6 Å². The molecule has 2 N–H and O–H groups in total. The van der Waals surface area contributed by atoms with E-state index in [1.807, 2.05) is 19.1 Å². The van der Waals surface area contributed by atoms with Gasteiger partial charge in [0.25, 0.3) is 0 Å². The van der Waals surface area contributed by atoms with Crippen LogP contribution in [-0.2, 0) is 4.79 Å². The molecule has 6 heteroatoms. The van der Waals surface area contributed by atoms with Crippen LogP contribution in [0.15, 0.2) is 18.2 Å². The van der Waals surface area contributed by atoms with Crippen molar-refractivity contribution < 1.29 is 9.59 Å². The van der Waals surface area contributed by atoms with Gasteiger partial charge in [-0.3, -0.25) is 4.79 Å². The number of likely N-dealkylation sites (tertiary alicyclic amines) is 1. The molecule has 0 bridgehead atoms. The first-order valence-corrected chi connectivity index (χ1v) is 9.57. The number of carbonyl (C=O) groups excluding carboxylic acids is 2. The first-order valence-electron chi connectivity index (χ1n) is 9.19. The van der Waals surface area contributed by atoms with E-state index < -0.39 is 6.04 Å². The van der Waals surface area contributed by atoms with Gasteiger partial charge in [-0.25, -0.2) is 4.79 Å². The Hall–Kier alpha value is -1.75. The number of rotatable bonds is 3. The first kappa shape index (κ1) is 18.1. The molecule has 3 rings (SSSR count). The maximum absolute atomic E-state index is 12.7. The minimum absolute atomic E-state index is 0.104. The molecule has 2 aliphatic rings. The quantitative estimate of drug-likeness (QED) is 0.849. The summed E-state index contributed by atoms with van der Waals surface area (Å²) in [5, 5.41) is 6.67. The molecule has 0 unspecified atom stereocenters. The van der Waals surface area contributed by atoms with Crippen LogP contribution >= 0.6 is 11.6 Å². The highest BCUT2D eigenvalue weighted by Gasteiger charge is 2.35. The molecule has 1 aromatic carbocycles. The summed E-state index contributed by atoms with van der Waals surface area (Å²) < 4.78 is 0. The molecule has 0 spiro atoms. The van der Waals surface area contributed by atoms with Crippen LogP contribution in [0.4, 0.5) is 10.5 Å². The summed E-state index contributed by atoms with van der Waals surface area (Å²) in [6.45, 7) is 2.51. The molecule has 1 saturated heterocycles. The average Bonchev–Trinajstić information content (AvgIpc) is 3.10. The molecule has 2 fully saturated rings. The van der Waals surface area contributed by atoms with Crippen molar-refractivity contribution >= 4 is 29.2 Å². The second-order valence-corrected chi connectivity index (χ2v) is 7.44. The fourth-order valence-corrected chi connectivity index (χ4v) is 3.92. The summed E-state index contributed by atoms with van der Waals surface area (Å²) in [5.41, 5.74) is 1.55. The maximum Gasteiger partial charge on any atom is 0.318 e. The zero-order valence-electron chi connectivity index (χ0n) is 14.7. The van der Waals surface area contributed by atoms with Crippen molar-refractivity contribution in [2.75, 3.05) is 11.9 Å². The van der Waals surface area contributed by atoms with Gasteiger partial charge in [-0.2, -0.15) is 0 Å². The predicted octanol–water partition coefficient (Wildman–Crippen LogP) is 4.09. The molecule has 0 aromatic heterocycles. The highest BCUT2D eigenvalue weighted by molar-refractivity contribution is 6.31. The molecule has 3 amide bonds. The van der Waals surface area contributed by atoms with Gasteiger partial charge in [-0.15, -0.1) is 0 Å². The molecule has 136 valence electrons. The number of urea groups is 1. The topological polar surface area (TPSA) is 61.4 Å². The normalized spacial score (nSPS) is 21.2. The number of nitrogens with one attached hydrogen (secondary N) is 2.